The Labute approximate surface area is 204 Å². The van der Waals surface area contributed by atoms with E-state index in [1.807, 2.05) is 59.3 Å². The summed E-state index contributed by atoms with van der Waals surface area (Å²) in [4.78, 5) is 26.4. The molecule has 0 saturated carbocycles. The molecule has 1 aliphatic rings. The molecule has 7 nitrogen and oxygen atoms in total. The molecule has 170 valence electrons. The number of hydrogen-bond acceptors (Lipinski definition) is 5. The maximum absolute atomic E-state index is 12.9. The van der Waals surface area contributed by atoms with Crippen LogP contribution in [0.3, 0.4) is 0 Å². The molecule has 5 rings (SSSR count). The van der Waals surface area contributed by atoms with Gasteiger partial charge in [0, 0.05) is 22.6 Å². The molecule has 1 aliphatic heterocycles. The van der Waals surface area contributed by atoms with Crippen LogP contribution in [0.15, 0.2) is 83.5 Å². The fourth-order valence-corrected chi connectivity index (χ4v) is 4.14. The van der Waals surface area contributed by atoms with Crippen molar-refractivity contribution in [3.8, 4) is 28.4 Å². The number of carbonyl (C=O) groups is 2. The number of hydrogen-bond donors (Lipinski definition) is 0. The molecule has 3 aromatic carbocycles. The summed E-state index contributed by atoms with van der Waals surface area (Å²) < 4.78 is 14.1. The van der Waals surface area contributed by atoms with Crippen LogP contribution < -0.4 is 14.4 Å². The second-order valence-corrected chi connectivity index (χ2v) is 8.66. The van der Waals surface area contributed by atoms with Gasteiger partial charge in [0.05, 0.1) is 23.3 Å². The van der Waals surface area contributed by atoms with Crippen molar-refractivity contribution in [1.29, 1.82) is 0 Å². The SMILES string of the molecule is CN1C(=O)COc2ccc(C(=O)COc3ccc(Br)cc3-c3ccnn3-c3ccccc3)cc21. The number of ether oxygens (including phenoxy) is 2. The van der Waals surface area contributed by atoms with Crippen LogP contribution in [0.5, 0.6) is 11.5 Å². The Bertz CT molecular complexity index is 1380. The van der Waals surface area contributed by atoms with Crippen LogP contribution >= 0.6 is 15.9 Å². The van der Waals surface area contributed by atoms with Crippen molar-refractivity contribution in [2.45, 2.75) is 0 Å². The molecule has 0 unspecified atom stereocenters. The average molecular weight is 518 g/mol. The minimum Gasteiger partial charge on any atom is -0.485 e. The number of para-hydroxylation sites is 1. The maximum Gasteiger partial charge on any atom is 0.264 e. The number of rotatable bonds is 6. The van der Waals surface area contributed by atoms with Crippen molar-refractivity contribution in [2.75, 3.05) is 25.2 Å². The smallest absolute Gasteiger partial charge is 0.264 e. The fourth-order valence-electron chi connectivity index (χ4n) is 3.78. The molecule has 2 heterocycles. The summed E-state index contributed by atoms with van der Waals surface area (Å²) in [6, 6.07) is 22.4. The first-order valence-corrected chi connectivity index (χ1v) is 11.4. The molecule has 1 amide bonds. The second kappa shape index (κ2) is 9.15. The van der Waals surface area contributed by atoms with E-state index in [0.717, 1.165) is 21.4 Å². The van der Waals surface area contributed by atoms with E-state index in [9.17, 15) is 9.59 Å². The monoisotopic (exact) mass is 517 g/mol. The van der Waals surface area contributed by atoms with Crippen molar-refractivity contribution in [3.05, 3.63) is 89.0 Å². The van der Waals surface area contributed by atoms with Gasteiger partial charge in [-0.25, -0.2) is 4.68 Å². The van der Waals surface area contributed by atoms with Crippen molar-refractivity contribution in [3.63, 3.8) is 0 Å². The zero-order chi connectivity index (χ0) is 23.7. The van der Waals surface area contributed by atoms with Gasteiger partial charge in [0.1, 0.15) is 11.5 Å². The van der Waals surface area contributed by atoms with Crippen LogP contribution in [0.1, 0.15) is 10.4 Å². The number of likely N-dealkylation sites (N-methyl/N-ethyl adjacent to an activating group) is 1. The molecule has 4 aromatic rings. The summed E-state index contributed by atoms with van der Waals surface area (Å²) in [7, 11) is 1.67. The molecule has 0 atom stereocenters. The highest BCUT2D eigenvalue weighted by Gasteiger charge is 2.23. The summed E-state index contributed by atoms with van der Waals surface area (Å²) in [6.45, 7) is -0.169. The Kier molecular flexibility index (Phi) is 5.90. The van der Waals surface area contributed by atoms with E-state index < -0.39 is 0 Å². The van der Waals surface area contributed by atoms with Gasteiger partial charge >= 0.3 is 0 Å². The summed E-state index contributed by atoms with van der Waals surface area (Å²) >= 11 is 3.53. The van der Waals surface area contributed by atoms with E-state index >= 15 is 0 Å². The predicted molar refractivity (Wildman–Crippen MR) is 132 cm³/mol. The lowest BCUT2D eigenvalue weighted by Gasteiger charge is -2.26. The highest BCUT2D eigenvalue weighted by Crippen LogP contribution is 2.35. The van der Waals surface area contributed by atoms with Gasteiger partial charge in [-0.1, -0.05) is 34.1 Å². The van der Waals surface area contributed by atoms with Crippen molar-refractivity contribution in [2.24, 2.45) is 0 Å². The number of Topliss-reactive ketones (excluding diaryl/α,β-unsaturated/α-hetero) is 1. The van der Waals surface area contributed by atoms with E-state index in [0.29, 0.717) is 22.7 Å². The van der Waals surface area contributed by atoms with Crippen LogP contribution in [-0.2, 0) is 4.79 Å². The zero-order valence-electron chi connectivity index (χ0n) is 18.3. The molecule has 0 radical (unpaired) electrons. The van der Waals surface area contributed by atoms with Gasteiger partial charge in [0.15, 0.2) is 19.0 Å². The van der Waals surface area contributed by atoms with Crippen molar-refractivity contribution >= 4 is 33.3 Å². The Morgan fingerprint density at radius 3 is 2.74 bits per heavy atom. The molecule has 34 heavy (non-hydrogen) atoms. The van der Waals surface area contributed by atoms with Crippen LogP contribution in [-0.4, -0.2) is 41.7 Å². The number of amides is 1. The predicted octanol–water partition coefficient (Wildman–Crippen LogP) is 4.92. The van der Waals surface area contributed by atoms with Gasteiger partial charge < -0.3 is 14.4 Å². The number of ketones is 1. The maximum atomic E-state index is 12.9. The number of anilines is 1. The Morgan fingerprint density at radius 1 is 1.09 bits per heavy atom. The van der Waals surface area contributed by atoms with Crippen molar-refractivity contribution in [1.82, 2.24) is 9.78 Å². The van der Waals surface area contributed by atoms with Gasteiger partial charge in [0.2, 0.25) is 0 Å². The minimum absolute atomic E-state index is 0.00812. The molecule has 0 aliphatic carbocycles. The summed E-state index contributed by atoms with van der Waals surface area (Å²) in [6.07, 6.45) is 1.73. The van der Waals surface area contributed by atoms with Crippen LogP contribution in [0, 0.1) is 0 Å². The van der Waals surface area contributed by atoms with Gasteiger partial charge in [-0.2, -0.15) is 5.10 Å². The van der Waals surface area contributed by atoms with Gasteiger partial charge in [-0.3, -0.25) is 9.59 Å². The first-order valence-electron chi connectivity index (χ1n) is 10.6. The normalized spacial score (nSPS) is 12.8. The largest absolute Gasteiger partial charge is 0.485 e. The molecule has 0 saturated heterocycles. The van der Waals surface area contributed by atoms with Crippen LogP contribution in [0.2, 0.25) is 0 Å². The molecule has 0 fully saturated rings. The molecule has 8 heteroatoms. The minimum atomic E-state index is -0.209. The highest BCUT2D eigenvalue weighted by molar-refractivity contribution is 9.10. The molecule has 0 bridgehead atoms. The zero-order valence-corrected chi connectivity index (χ0v) is 19.9. The second-order valence-electron chi connectivity index (χ2n) is 7.74. The average Bonchev–Trinajstić information content (AvgIpc) is 3.35. The summed E-state index contributed by atoms with van der Waals surface area (Å²) in [5.41, 5.74) is 3.56. The third-order valence-corrected chi connectivity index (χ3v) is 6.08. The first-order chi connectivity index (χ1) is 16.5. The lowest BCUT2D eigenvalue weighted by molar-refractivity contribution is -0.120. The Hall–Kier alpha value is -3.91. The van der Waals surface area contributed by atoms with E-state index in [1.165, 1.54) is 4.90 Å². The first kappa shape index (κ1) is 21.9. The molecular weight excluding hydrogens is 498 g/mol. The number of aromatic nitrogens is 2. The van der Waals surface area contributed by atoms with E-state index in [4.69, 9.17) is 9.47 Å². The Balaban J connectivity index is 1.41. The third-order valence-electron chi connectivity index (χ3n) is 5.59. The lowest BCUT2D eigenvalue weighted by atomic mass is 10.1. The van der Waals surface area contributed by atoms with Gasteiger partial charge in [-0.05, 0) is 54.6 Å². The number of fused-ring (bicyclic) bond motifs is 1. The summed E-state index contributed by atoms with van der Waals surface area (Å²) in [5, 5.41) is 4.47. The summed E-state index contributed by atoms with van der Waals surface area (Å²) in [5.74, 6) is 0.759. The van der Waals surface area contributed by atoms with E-state index in [-0.39, 0.29) is 24.9 Å². The number of nitrogens with zero attached hydrogens (tertiary/aromatic N) is 3. The van der Waals surface area contributed by atoms with Gasteiger partial charge in [-0.15, -0.1) is 0 Å². The third kappa shape index (κ3) is 4.20. The van der Waals surface area contributed by atoms with Gasteiger partial charge in [0.25, 0.3) is 5.91 Å². The molecule has 1 aromatic heterocycles. The quantitative estimate of drug-likeness (QED) is 0.339. The number of carbonyl (C=O) groups excluding carboxylic acids is 2. The topological polar surface area (TPSA) is 73.7 Å². The fraction of sp³-hybridized carbons (Fsp3) is 0.115. The van der Waals surface area contributed by atoms with Crippen LogP contribution in [0.4, 0.5) is 5.69 Å². The van der Waals surface area contributed by atoms with Crippen LogP contribution in [0.25, 0.3) is 16.9 Å². The number of halogens is 1. The number of benzene rings is 3. The van der Waals surface area contributed by atoms with Crippen molar-refractivity contribution < 1.29 is 19.1 Å². The molecular formula is C26H20BrN3O4. The molecule has 0 N–H and O–H groups in total. The van der Waals surface area contributed by atoms with E-state index in [2.05, 4.69) is 21.0 Å². The lowest BCUT2D eigenvalue weighted by Crippen LogP contribution is -2.35. The highest BCUT2D eigenvalue weighted by atomic mass is 79.9. The van der Waals surface area contributed by atoms with E-state index in [1.54, 1.807) is 31.4 Å². The molecule has 0 spiro atoms. The standard InChI is InChI=1S/C26H20BrN3O4/c1-29-22-13-17(7-9-25(22)34-16-26(29)32)23(31)15-33-24-10-8-18(27)14-20(24)21-11-12-28-30(21)19-5-3-2-4-6-19/h2-14H,15-16H2,1H3. The Morgan fingerprint density at radius 2 is 1.91 bits per heavy atom.